The van der Waals surface area contributed by atoms with E-state index in [0.29, 0.717) is 0 Å². The van der Waals surface area contributed by atoms with Crippen molar-refractivity contribution in [3.63, 3.8) is 0 Å². The van der Waals surface area contributed by atoms with E-state index in [4.69, 9.17) is 0 Å². The van der Waals surface area contributed by atoms with Crippen LogP contribution in [0.4, 0.5) is 0 Å². The molecule has 1 nitrogen and oxygen atoms in total. The molecule has 1 aromatic heterocycles. The van der Waals surface area contributed by atoms with Gasteiger partial charge in [-0.2, -0.15) is 0 Å². The molecule has 0 aliphatic heterocycles. The van der Waals surface area contributed by atoms with Crippen LogP contribution in [0.5, 0.6) is 0 Å². The quantitative estimate of drug-likeness (QED) is 0.620. The minimum absolute atomic E-state index is 1.38. The van der Waals surface area contributed by atoms with Crippen molar-refractivity contribution < 1.29 is 8.26 Å². The second-order valence-corrected chi connectivity index (χ2v) is 9.86. The van der Waals surface area contributed by atoms with Crippen LogP contribution in [0.1, 0.15) is 0 Å². The maximum Gasteiger partial charge on any atom is 0.0267 e. The SMILES string of the molecule is [I][Co][I].c1ccncc1. The van der Waals surface area contributed by atoms with Crippen molar-refractivity contribution in [1.82, 2.24) is 4.98 Å². The van der Waals surface area contributed by atoms with Crippen LogP contribution in [0.3, 0.4) is 0 Å². The predicted octanol–water partition coefficient (Wildman–Crippen LogP) is 2.85. The first kappa shape index (κ1) is 10.1. The molecule has 0 amide bonds. The maximum absolute atomic E-state index is 3.78. The van der Waals surface area contributed by atoms with E-state index in [9.17, 15) is 0 Å². The molecule has 0 aliphatic carbocycles. The third-order valence-electron chi connectivity index (χ3n) is 0.566. The molecule has 0 spiro atoms. The van der Waals surface area contributed by atoms with Gasteiger partial charge in [0.1, 0.15) is 0 Å². The zero-order valence-electron chi connectivity index (χ0n) is 4.42. The van der Waals surface area contributed by atoms with Gasteiger partial charge >= 0.3 is 49.1 Å². The minimum atomic E-state index is 1.38. The van der Waals surface area contributed by atoms with Crippen LogP contribution in [-0.2, 0) is 8.26 Å². The molecule has 0 bridgehead atoms. The fraction of sp³-hybridized carbons (Fsp3) is 0. The molecule has 0 aliphatic rings. The number of rotatable bonds is 0. The third-order valence-corrected chi connectivity index (χ3v) is 0.566. The molecule has 4 heteroatoms. The van der Waals surface area contributed by atoms with Crippen LogP contribution in [0.15, 0.2) is 30.6 Å². The molecule has 0 saturated carbocycles. The van der Waals surface area contributed by atoms with Gasteiger partial charge in [-0.1, -0.05) is 6.07 Å². The van der Waals surface area contributed by atoms with E-state index in [2.05, 4.69) is 45.8 Å². The van der Waals surface area contributed by atoms with Crippen LogP contribution >= 0.6 is 40.8 Å². The average Bonchev–Trinajstić information content (AvgIpc) is 1.93. The topological polar surface area (TPSA) is 12.9 Å². The number of hydrogen-bond donors (Lipinski definition) is 0. The van der Waals surface area contributed by atoms with E-state index in [1.165, 1.54) is 8.26 Å². The number of nitrogens with zero attached hydrogens (tertiary/aromatic N) is 1. The molecular formula is C5H5CoI2N. The fourth-order valence-corrected chi connectivity index (χ4v) is 0.313. The van der Waals surface area contributed by atoms with E-state index in [0.717, 1.165) is 0 Å². The summed E-state index contributed by atoms with van der Waals surface area (Å²) in [7, 11) is 1.38. The summed E-state index contributed by atoms with van der Waals surface area (Å²) in [5.74, 6) is 0. The Balaban J connectivity index is 0.000000187. The van der Waals surface area contributed by atoms with Crippen LogP contribution in [0, 0.1) is 0 Å². The van der Waals surface area contributed by atoms with Gasteiger partial charge in [-0.25, -0.2) is 0 Å². The molecule has 0 aromatic carbocycles. The van der Waals surface area contributed by atoms with E-state index >= 15 is 0 Å². The summed E-state index contributed by atoms with van der Waals surface area (Å²) in [6.07, 6.45) is 3.50. The van der Waals surface area contributed by atoms with Gasteiger partial charge in [0.25, 0.3) is 0 Å². The molecular weight excluding hydrogens is 387 g/mol. The summed E-state index contributed by atoms with van der Waals surface area (Å²) >= 11 is 4.49. The van der Waals surface area contributed by atoms with E-state index in [1.807, 2.05) is 18.2 Å². The van der Waals surface area contributed by atoms with Crippen molar-refractivity contribution in [3.8, 4) is 0 Å². The van der Waals surface area contributed by atoms with E-state index in [1.54, 1.807) is 12.4 Å². The number of aromatic nitrogens is 1. The van der Waals surface area contributed by atoms with Gasteiger partial charge in [-0.15, -0.1) is 0 Å². The van der Waals surface area contributed by atoms with Crippen molar-refractivity contribution in [2.45, 2.75) is 0 Å². The monoisotopic (exact) mass is 392 g/mol. The molecule has 1 rings (SSSR count). The Morgan fingerprint density at radius 3 is 1.56 bits per heavy atom. The first-order valence-electron chi connectivity index (χ1n) is 2.10. The first-order valence-corrected chi connectivity index (χ1v) is 8.82. The first-order chi connectivity index (χ1) is 4.41. The third kappa shape index (κ3) is 9.12. The Kier molecular flexibility index (Phi) is 10.2. The molecule has 0 atom stereocenters. The van der Waals surface area contributed by atoms with Crippen molar-refractivity contribution in [3.05, 3.63) is 30.6 Å². The number of hydrogen-bond acceptors (Lipinski definition) is 1. The zero-order valence-corrected chi connectivity index (χ0v) is 9.78. The summed E-state index contributed by atoms with van der Waals surface area (Å²) in [4.78, 5) is 3.78. The molecule has 1 aromatic rings. The van der Waals surface area contributed by atoms with Gasteiger partial charge in [0.15, 0.2) is 0 Å². The van der Waals surface area contributed by atoms with Gasteiger partial charge < -0.3 is 0 Å². The van der Waals surface area contributed by atoms with Crippen molar-refractivity contribution in [2.24, 2.45) is 0 Å². The Labute approximate surface area is 83.6 Å². The molecule has 1 heterocycles. The van der Waals surface area contributed by atoms with Gasteiger partial charge in [-0.3, -0.25) is 4.98 Å². The van der Waals surface area contributed by atoms with E-state index < -0.39 is 0 Å². The molecule has 0 fully saturated rings. The van der Waals surface area contributed by atoms with Crippen LogP contribution in [0.2, 0.25) is 0 Å². The summed E-state index contributed by atoms with van der Waals surface area (Å²) < 4.78 is 0. The normalized spacial score (nSPS) is 7.78. The van der Waals surface area contributed by atoms with Crippen molar-refractivity contribution in [1.29, 1.82) is 0 Å². The molecule has 9 heavy (non-hydrogen) atoms. The Hall–Kier alpha value is 1.12. The second kappa shape index (κ2) is 9.12. The average molecular weight is 392 g/mol. The zero-order chi connectivity index (χ0) is 6.95. The minimum Gasteiger partial charge on any atom is -0.265 e. The summed E-state index contributed by atoms with van der Waals surface area (Å²) in [6.45, 7) is 0. The number of pyridine rings is 1. The molecule has 0 saturated heterocycles. The molecule has 0 radical (unpaired) electrons. The predicted molar refractivity (Wildman–Crippen MR) is 52.3 cm³/mol. The van der Waals surface area contributed by atoms with Gasteiger partial charge in [0, 0.05) is 12.4 Å². The second-order valence-electron chi connectivity index (χ2n) is 1.07. The fourth-order valence-electron chi connectivity index (χ4n) is 0.313. The maximum atomic E-state index is 3.78. The molecule has 0 N–H and O–H groups in total. The number of halogens is 2. The van der Waals surface area contributed by atoms with Crippen LogP contribution < -0.4 is 0 Å². The Morgan fingerprint density at radius 2 is 1.44 bits per heavy atom. The van der Waals surface area contributed by atoms with Gasteiger partial charge in [0.2, 0.25) is 0 Å². The Bertz CT molecular complexity index is 97.8. The smallest absolute Gasteiger partial charge is 0.0267 e. The van der Waals surface area contributed by atoms with Gasteiger partial charge in [0.05, 0.1) is 0 Å². The Morgan fingerprint density at radius 1 is 1.00 bits per heavy atom. The van der Waals surface area contributed by atoms with Crippen LogP contribution in [0.25, 0.3) is 0 Å². The van der Waals surface area contributed by atoms with E-state index in [-0.39, 0.29) is 0 Å². The summed E-state index contributed by atoms with van der Waals surface area (Å²) in [5.41, 5.74) is 0. The molecule has 53 valence electrons. The molecule has 0 unspecified atom stereocenters. The van der Waals surface area contributed by atoms with Crippen LogP contribution in [-0.4, -0.2) is 4.98 Å². The van der Waals surface area contributed by atoms with Crippen molar-refractivity contribution in [2.75, 3.05) is 0 Å². The summed E-state index contributed by atoms with van der Waals surface area (Å²) in [6, 6.07) is 5.72. The standard InChI is InChI=1S/C5H5N.Co.2HI/c1-2-4-6-5-3-1;;;/h1-5H;;2*1H/q;+2;;/p-2. The summed E-state index contributed by atoms with van der Waals surface area (Å²) in [5, 5.41) is 0. The van der Waals surface area contributed by atoms with Crippen molar-refractivity contribution >= 4 is 40.8 Å². The van der Waals surface area contributed by atoms with Gasteiger partial charge in [-0.05, 0) is 12.1 Å². The largest absolute Gasteiger partial charge is 0.265 e.